The van der Waals surface area contributed by atoms with E-state index in [4.69, 9.17) is 11.6 Å². The third kappa shape index (κ3) is 5.59. The third-order valence-electron chi connectivity index (χ3n) is 0.369. The van der Waals surface area contributed by atoms with Crippen LogP contribution in [0, 0.1) is 11.8 Å². The Morgan fingerprint density at radius 1 is 1.86 bits per heavy atom. The maximum Gasteiger partial charge on any atom is 0.0838 e. The molecule has 0 aromatic heterocycles. The molecule has 7 heavy (non-hydrogen) atoms. The highest BCUT2D eigenvalue weighted by Gasteiger charge is 1.66. The zero-order valence-corrected chi connectivity index (χ0v) is 5.05. The summed E-state index contributed by atoms with van der Waals surface area (Å²) in [5.74, 6) is 5.78. The highest BCUT2D eigenvalue weighted by molar-refractivity contribution is 6.19. The Bertz CT molecular complexity index is 114. The highest BCUT2D eigenvalue weighted by atomic mass is 35.5. The van der Waals surface area contributed by atoms with E-state index in [1.165, 1.54) is 0 Å². The lowest BCUT2D eigenvalue weighted by Crippen LogP contribution is -1.62. The molecule has 0 heterocycles. The molecule has 38 valence electrons. The van der Waals surface area contributed by atoms with Crippen molar-refractivity contribution in [3.63, 3.8) is 0 Å². The predicted molar refractivity (Wildman–Crippen MR) is 33.3 cm³/mol. The van der Waals surface area contributed by atoms with Gasteiger partial charge in [0.15, 0.2) is 0 Å². The van der Waals surface area contributed by atoms with E-state index < -0.39 is 0 Å². The number of halogens is 1. The average Bonchev–Trinajstić information content (AvgIpc) is 1.61. The summed E-state index contributed by atoms with van der Waals surface area (Å²) in [6, 6.07) is 0. The first-order valence-electron chi connectivity index (χ1n) is 1.97. The Morgan fingerprint density at radius 3 is 2.57 bits per heavy atom. The second-order valence-electron chi connectivity index (χ2n) is 1.22. The van der Waals surface area contributed by atoms with Crippen LogP contribution in [0.5, 0.6) is 0 Å². The number of alkyl halides is 1. The number of hydrogen-bond donors (Lipinski definition) is 0. The molecule has 0 unspecified atom stereocenters. The van der Waals surface area contributed by atoms with Crippen molar-refractivity contribution in [1.82, 2.24) is 0 Å². The van der Waals surface area contributed by atoms with Gasteiger partial charge in [0.2, 0.25) is 0 Å². The molecule has 0 atom stereocenters. The first kappa shape index (κ1) is 6.59. The van der Waals surface area contributed by atoms with E-state index in [0.717, 1.165) is 5.57 Å². The van der Waals surface area contributed by atoms with Crippen LogP contribution in [0.15, 0.2) is 12.2 Å². The zero-order valence-electron chi connectivity index (χ0n) is 4.29. The van der Waals surface area contributed by atoms with Gasteiger partial charge in [0.25, 0.3) is 0 Å². The van der Waals surface area contributed by atoms with Gasteiger partial charge in [0.1, 0.15) is 0 Å². The second-order valence-corrected chi connectivity index (χ2v) is 1.48. The van der Waals surface area contributed by atoms with Crippen LogP contribution in [0.2, 0.25) is 0 Å². The first-order chi connectivity index (χ1) is 3.27. The standard InChI is InChI=1S/C6H7Cl/c1-6(2)4-3-5-7/h1,5H2,2H3. The van der Waals surface area contributed by atoms with E-state index in [0.29, 0.717) is 5.88 Å². The van der Waals surface area contributed by atoms with Gasteiger partial charge >= 0.3 is 0 Å². The summed E-state index contributed by atoms with van der Waals surface area (Å²) < 4.78 is 0. The fourth-order valence-corrected chi connectivity index (χ4v) is 0.251. The van der Waals surface area contributed by atoms with Crippen molar-refractivity contribution in [1.29, 1.82) is 0 Å². The topological polar surface area (TPSA) is 0 Å². The molecule has 0 aliphatic heterocycles. The Kier molecular flexibility index (Phi) is 3.55. The van der Waals surface area contributed by atoms with Gasteiger partial charge in [-0.2, -0.15) is 0 Å². The zero-order chi connectivity index (χ0) is 5.70. The predicted octanol–water partition coefficient (Wildman–Crippen LogP) is 1.80. The van der Waals surface area contributed by atoms with Gasteiger partial charge in [-0.25, -0.2) is 0 Å². The first-order valence-corrected chi connectivity index (χ1v) is 2.51. The smallest absolute Gasteiger partial charge is 0.0838 e. The average molecular weight is 115 g/mol. The van der Waals surface area contributed by atoms with Gasteiger partial charge in [-0.05, 0) is 12.5 Å². The fraction of sp³-hybridized carbons (Fsp3) is 0.333. The lowest BCUT2D eigenvalue weighted by atomic mass is 10.4. The molecule has 0 aliphatic carbocycles. The Balaban J connectivity index is 3.45. The SMILES string of the molecule is C=C(C)C#CCCl. The normalized spacial score (nSPS) is 6.57. The maximum atomic E-state index is 5.23. The van der Waals surface area contributed by atoms with Crippen LogP contribution in [0.1, 0.15) is 6.92 Å². The van der Waals surface area contributed by atoms with Gasteiger partial charge in [0.05, 0.1) is 5.88 Å². The van der Waals surface area contributed by atoms with E-state index >= 15 is 0 Å². The maximum absolute atomic E-state index is 5.23. The molecule has 1 heteroatoms. The van der Waals surface area contributed by atoms with Crippen molar-refractivity contribution >= 4 is 11.6 Å². The molecule has 0 bridgehead atoms. The molecule has 0 saturated heterocycles. The van der Waals surface area contributed by atoms with Gasteiger partial charge < -0.3 is 0 Å². The minimum absolute atomic E-state index is 0.396. The minimum Gasteiger partial charge on any atom is -0.113 e. The number of allylic oxidation sites excluding steroid dienone is 1. The van der Waals surface area contributed by atoms with E-state index in [2.05, 4.69) is 18.4 Å². The molecule has 0 nitrogen and oxygen atoms in total. The number of hydrogen-bond acceptors (Lipinski definition) is 0. The minimum atomic E-state index is 0.396. The summed E-state index contributed by atoms with van der Waals surface area (Å²) in [6.07, 6.45) is 0. The molecule has 0 amide bonds. The largest absolute Gasteiger partial charge is 0.113 e. The van der Waals surface area contributed by atoms with Crippen molar-refractivity contribution in [2.45, 2.75) is 6.92 Å². The molecular formula is C6H7Cl. The molecule has 0 spiro atoms. The van der Waals surface area contributed by atoms with Crippen LogP contribution in [-0.4, -0.2) is 5.88 Å². The molecule has 0 N–H and O–H groups in total. The van der Waals surface area contributed by atoms with E-state index in [1.54, 1.807) is 0 Å². The Morgan fingerprint density at radius 2 is 2.43 bits per heavy atom. The summed E-state index contributed by atoms with van der Waals surface area (Å²) in [5, 5.41) is 0. The Hall–Kier alpha value is -0.410. The monoisotopic (exact) mass is 114 g/mol. The van der Waals surface area contributed by atoms with Gasteiger partial charge in [-0.3, -0.25) is 0 Å². The van der Waals surface area contributed by atoms with E-state index in [1.807, 2.05) is 6.92 Å². The Labute approximate surface area is 49.2 Å². The quantitative estimate of drug-likeness (QED) is 0.333. The van der Waals surface area contributed by atoms with E-state index in [-0.39, 0.29) is 0 Å². The van der Waals surface area contributed by atoms with Gasteiger partial charge in [0, 0.05) is 0 Å². The highest BCUT2D eigenvalue weighted by Crippen LogP contribution is 1.79. The van der Waals surface area contributed by atoms with Crippen molar-refractivity contribution < 1.29 is 0 Å². The fourth-order valence-electron chi connectivity index (χ4n) is 0.184. The molecule has 0 saturated carbocycles. The van der Waals surface area contributed by atoms with E-state index in [9.17, 15) is 0 Å². The lowest BCUT2D eigenvalue weighted by molar-refractivity contribution is 1.62. The van der Waals surface area contributed by atoms with Crippen molar-refractivity contribution in [2.24, 2.45) is 0 Å². The summed E-state index contributed by atoms with van der Waals surface area (Å²) in [7, 11) is 0. The molecule has 0 aliphatic rings. The van der Waals surface area contributed by atoms with Crippen LogP contribution < -0.4 is 0 Å². The van der Waals surface area contributed by atoms with Crippen molar-refractivity contribution in [3.05, 3.63) is 12.2 Å². The molecular weight excluding hydrogens is 108 g/mol. The second kappa shape index (κ2) is 3.77. The molecule has 0 rings (SSSR count). The summed E-state index contributed by atoms with van der Waals surface area (Å²) >= 11 is 5.23. The van der Waals surface area contributed by atoms with Crippen LogP contribution in [0.25, 0.3) is 0 Å². The molecule has 0 radical (unpaired) electrons. The van der Waals surface area contributed by atoms with Crippen LogP contribution in [0.3, 0.4) is 0 Å². The van der Waals surface area contributed by atoms with Crippen LogP contribution in [-0.2, 0) is 0 Å². The summed E-state index contributed by atoms with van der Waals surface area (Å²) in [6.45, 7) is 5.41. The summed E-state index contributed by atoms with van der Waals surface area (Å²) in [4.78, 5) is 0. The third-order valence-corrected chi connectivity index (χ3v) is 0.502. The van der Waals surface area contributed by atoms with Crippen LogP contribution >= 0.6 is 11.6 Å². The van der Waals surface area contributed by atoms with Crippen molar-refractivity contribution in [2.75, 3.05) is 5.88 Å². The van der Waals surface area contributed by atoms with Gasteiger partial charge in [-0.1, -0.05) is 18.4 Å². The van der Waals surface area contributed by atoms with Gasteiger partial charge in [-0.15, -0.1) is 11.6 Å². The number of rotatable bonds is 0. The molecule has 0 aromatic rings. The lowest BCUT2D eigenvalue weighted by Gasteiger charge is -1.72. The molecule has 0 aromatic carbocycles. The van der Waals surface area contributed by atoms with Crippen molar-refractivity contribution in [3.8, 4) is 11.8 Å². The molecule has 0 fully saturated rings. The summed E-state index contributed by atoms with van der Waals surface area (Å²) in [5.41, 5.74) is 0.862. The van der Waals surface area contributed by atoms with Crippen LogP contribution in [0.4, 0.5) is 0 Å².